The number of nitrogens with zero attached hydrogens (tertiary/aromatic N) is 2. The van der Waals surface area contributed by atoms with Gasteiger partial charge in [-0.05, 0) is 38.2 Å². The molecule has 1 heterocycles. The maximum Gasteiger partial charge on any atom is 0.139 e. The monoisotopic (exact) mass is 300 g/mol. The van der Waals surface area contributed by atoms with Crippen LogP contribution in [0.25, 0.3) is 0 Å². The fourth-order valence-corrected chi connectivity index (χ4v) is 3.25. The summed E-state index contributed by atoms with van der Waals surface area (Å²) in [4.78, 5) is 7.04. The third-order valence-electron chi connectivity index (χ3n) is 4.25. The molecule has 0 unspecified atom stereocenters. The maximum atomic E-state index is 4.61. The summed E-state index contributed by atoms with van der Waals surface area (Å²) in [6.07, 6.45) is 15.4. The van der Waals surface area contributed by atoms with Crippen molar-refractivity contribution in [3.05, 3.63) is 49.4 Å². The van der Waals surface area contributed by atoms with Crippen LogP contribution in [0.4, 0.5) is 0 Å². The summed E-state index contributed by atoms with van der Waals surface area (Å²) in [5.41, 5.74) is 2.48. The fourth-order valence-electron chi connectivity index (χ4n) is 3.25. The Bertz CT molecular complexity index is 437. The zero-order valence-electron chi connectivity index (χ0n) is 14.5. The lowest BCUT2D eigenvalue weighted by Crippen LogP contribution is -2.32. The highest BCUT2D eigenvalue weighted by atomic mass is 15.2. The molecule has 1 fully saturated rings. The summed E-state index contributed by atoms with van der Waals surface area (Å²) in [7, 11) is 0. The van der Waals surface area contributed by atoms with E-state index < -0.39 is 0 Å². The van der Waals surface area contributed by atoms with E-state index in [-0.39, 0.29) is 0 Å². The third kappa shape index (κ3) is 5.01. The van der Waals surface area contributed by atoms with Crippen molar-refractivity contribution in [2.24, 2.45) is 10.9 Å². The lowest BCUT2D eigenvalue weighted by atomic mass is 9.89. The number of hydrogen-bond donors (Lipinski definition) is 0. The van der Waals surface area contributed by atoms with Crippen molar-refractivity contribution in [3.8, 4) is 0 Å². The second-order valence-corrected chi connectivity index (χ2v) is 5.96. The molecule has 0 aromatic heterocycles. The van der Waals surface area contributed by atoms with Gasteiger partial charge in [-0.3, -0.25) is 0 Å². The van der Waals surface area contributed by atoms with Crippen molar-refractivity contribution in [2.75, 3.05) is 6.54 Å². The van der Waals surface area contributed by atoms with Crippen molar-refractivity contribution in [1.29, 1.82) is 0 Å². The van der Waals surface area contributed by atoms with E-state index >= 15 is 0 Å². The smallest absolute Gasteiger partial charge is 0.139 e. The lowest BCUT2D eigenvalue weighted by Gasteiger charge is -2.30. The quantitative estimate of drug-likeness (QED) is 0.581. The van der Waals surface area contributed by atoms with Gasteiger partial charge >= 0.3 is 0 Å². The van der Waals surface area contributed by atoms with E-state index in [1.807, 2.05) is 19.2 Å². The molecule has 0 saturated heterocycles. The van der Waals surface area contributed by atoms with Crippen LogP contribution in [-0.2, 0) is 0 Å². The normalized spacial score (nSPS) is 21.2. The summed E-state index contributed by atoms with van der Waals surface area (Å²) in [6.45, 7) is 15.6. The SMILES string of the molecule is C=C.C=C1C=C(CCC)N(CC2CCCCC2)C1=N/C=C\C. The van der Waals surface area contributed by atoms with Crippen molar-refractivity contribution in [3.63, 3.8) is 0 Å². The molecule has 0 amide bonds. The van der Waals surface area contributed by atoms with Crippen LogP contribution < -0.4 is 0 Å². The first-order chi connectivity index (χ1) is 10.8. The Morgan fingerprint density at radius 3 is 2.55 bits per heavy atom. The summed E-state index contributed by atoms with van der Waals surface area (Å²) in [5.74, 6) is 1.89. The van der Waals surface area contributed by atoms with Gasteiger partial charge in [0.05, 0.1) is 0 Å². The molecule has 1 saturated carbocycles. The van der Waals surface area contributed by atoms with Gasteiger partial charge in [-0.1, -0.05) is 45.3 Å². The van der Waals surface area contributed by atoms with Crippen LogP contribution in [0.3, 0.4) is 0 Å². The van der Waals surface area contributed by atoms with Crippen LogP contribution >= 0.6 is 0 Å². The molecular weight excluding hydrogens is 268 g/mol. The zero-order valence-corrected chi connectivity index (χ0v) is 14.5. The van der Waals surface area contributed by atoms with Crippen LogP contribution in [0.5, 0.6) is 0 Å². The Labute approximate surface area is 137 Å². The molecule has 0 N–H and O–H groups in total. The van der Waals surface area contributed by atoms with E-state index in [2.05, 4.69) is 42.6 Å². The Kier molecular flexibility index (Phi) is 8.57. The molecule has 1 aliphatic carbocycles. The van der Waals surface area contributed by atoms with Crippen LogP contribution in [0.1, 0.15) is 58.8 Å². The summed E-state index contributed by atoms with van der Waals surface area (Å²) in [5, 5.41) is 0. The third-order valence-corrected chi connectivity index (χ3v) is 4.25. The predicted octanol–water partition coefficient (Wildman–Crippen LogP) is 5.86. The van der Waals surface area contributed by atoms with E-state index in [4.69, 9.17) is 0 Å². The highest BCUT2D eigenvalue weighted by molar-refractivity contribution is 6.04. The van der Waals surface area contributed by atoms with Gasteiger partial charge in [0.15, 0.2) is 0 Å². The van der Waals surface area contributed by atoms with E-state index in [0.717, 1.165) is 30.3 Å². The second-order valence-electron chi connectivity index (χ2n) is 5.96. The minimum atomic E-state index is 0.825. The number of hydrogen-bond acceptors (Lipinski definition) is 1. The highest BCUT2D eigenvalue weighted by Crippen LogP contribution is 2.30. The molecule has 0 spiro atoms. The van der Waals surface area contributed by atoms with Gasteiger partial charge in [0.1, 0.15) is 5.84 Å². The van der Waals surface area contributed by atoms with Gasteiger partial charge in [0.25, 0.3) is 0 Å². The highest BCUT2D eigenvalue weighted by Gasteiger charge is 2.27. The van der Waals surface area contributed by atoms with Crippen LogP contribution in [0.2, 0.25) is 0 Å². The van der Waals surface area contributed by atoms with Crippen LogP contribution in [-0.4, -0.2) is 17.3 Å². The lowest BCUT2D eigenvalue weighted by molar-refractivity contribution is 0.298. The Balaban J connectivity index is 0.00000116. The standard InChI is InChI=1S/C18H28N2.C2H4/c1-4-9-17-13-15(3)18(19-12-5-2)20(17)14-16-10-7-6-8-11-16;1-2/h5,12-13,16H,3-4,6-11,14H2,1-2H3;1-2H2/b12-5-,19-18?;. The Morgan fingerprint density at radius 2 is 1.95 bits per heavy atom. The van der Waals surface area contributed by atoms with E-state index in [1.165, 1.54) is 44.2 Å². The zero-order chi connectivity index (χ0) is 16.4. The topological polar surface area (TPSA) is 15.6 Å². The van der Waals surface area contributed by atoms with Gasteiger partial charge < -0.3 is 4.90 Å². The van der Waals surface area contributed by atoms with Crippen LogP contribution in [0, 0.1) is 5.92 Å². The summed E-state index contributed by atoms with van der Waals surface area (Å²) in [6, 6.07) is 0. The van der Waals surface area contributed by atoms with Crippen molar-refractivity contribution in [2.45, 2.75) is 58.8 Å². The maximum absolute atomic E-state index is 4.61. The van der Waals surface area contributed by atoms with Gasteiger partial charge in [-0.15, -0.1) is 13.2 Å². The largest absolute Gasteiger partial charge is 0.329 e. The van der Waals surface area contributed by atoms with Crippen molar-refractivity contribution >= 4 is 5.84 Å². The average Bonchev–Trinajstić information content (AvgIpc) is 2.84. The number of aliphatic imine (C=N–C) groups is 1. The van der Waals surface area contributed by atoms with E-state index in [0.29, 0.717) is 0 Å². The predicted molar refractivity (Wildman–Crippen MR) is 98.9 cm³/mol. The van der Waals surface area contributed by atoms with Crippen molar-refractivity contribution < 1.29 is 0 Å². The number of amidine groups is 1. The van der Waals surface area contributed by atoms with E-state index in [1.54, 1.807) is 0 Å². The second kappa shape index (κ2) is 10.2. The molecule has 0 radical (unpaired) electrons. The van der Waals surface area contributed by atoms with Gasteiger partial charge in [-0.2, -0.15) is 0 Å². The van der Waals surface area contributed by atoms with Gasteiger partial charge in [-0.25, -0.2) is 4.99 Å². The first-order valence-corrected chi connectivity index (χ1v) is 8.62. The molecule has 0 bridgehead atoms. The minimum Gasteiger partial charge on any atom is -0.329 e. The molecule has 1 aliphatic heterocycles. The first kappa shape index (κ1) is 18.5. The molecule has 2 rings (SSSR count). The van der Waals surface area contributed by atoms with Gasteiger partial charge in [0, 0.05) is 24.0 Å². The number of allylic oxidation sites excluding steroid dienone is 2. The molecule has 22 heavy (non-hydrogen) atoms. The molecule has 2 nitrogen and oxygen atoms in total. The minimum absolute atomic E-state index is 0.825. The number of rotatable bonds is 5. The fraction of sp³-hybridized carbons (Fsp3) is 0.550. The molecule has 0 atom stereocenters. The van der Waals surface area contributed by atoms with Crippen molar-refractivity contribution in [1.82, 2.24) is 4.90 Å². The van der Waals surface area contributed by atoms with E-state index in [9.17, 15) is 0 Å². The molecule has 2 heteroatoms. The molecule has 0 aromatic carbocycles. The van der Waals surface area contributed by atoms with Crippen LogP contribution in [0.15, 0.2) is 54.4 Å². The Hall–Kier alpha value is -1.57. The average molecular weight is 300 g/mol. The Morgan fingerprint density at radius 1 is 1.27 bits per heavy atom. The summed E-state index contributed by atoms with van der Waals surface area (Å²) < 4.78 is 0. The molecule has 122 valence electrons. The van der Waals surface area contributed by atoms with Gasteiger partial charge in [0.2, 0.25) is 0 Å². The molecule has 0 aromatic rings. The molecular formula is C20H32N2. The summed E-state index contributed by atoms with van der Waals surface area (Å²) >= 11 is 0. The first-order valence-electron chi connectivity index (χ1n) is 8.62. The molecule has 2 aliphatic rings.